The Bertz CT molecular complexity index is 216. The maximum Gasteiger partial charge on any atom is 0.106 e. The van der Waals surface area contributed by atoms with Gasteiger partial charge < -0.3 is 5.32 Å². The second-order valence-electron chi connectivity index (χ2n) is 4.72. The first kappa shape index (κ1) is 15.8. The van der Waals surface area contributed by atoms with E-state index in [1.165, 1.54) is 0 Å². The third-order valence-electron chi connectivity index (χ3n) is 3.36. The van der Waals surface area contributed by atoms with Gasteiger partial charge in [0.25, 0.3) is 0 Å². The van der Waals surface area contributed by atoms with Gasteiger partial charge in [0.1, 0.15) is 5.54 Å². The summed E-state index contributed by atoms with van der Waals surface area (Å²) in [6, 6.07) is 2.41. The van der Waals surface area contributed by atoms with Crippen LogP contribution in [0.1, 0.15) is 47.0 Å². The first-order chi connectivity index (χ1) is 7.51. The average Bonchev–Trinajstić information content (AvgIpc) is 2.30. The molecule has 2 atom stereocenters. The molecule has 0 rings (SSSR count). The molecule has 3 heteroatoms. The molecular formula is C13H26N2S. The van der Waals surface area contributed by atoms with Gasteiger partial charge in [-0.1, -0.05) is 27.7 Å². The molecule has 0 fully saturated rings. The molecule has 0 aliphatic carbocycles. The van der Waals surface area contributed by atoms with Gasteiger partial charge in [0.15, 0.2) is 0 Å². The molecule has 0 aromatic rings. The van der Waals surface area contributed by atoms with Gasteiger partial charge in [-0.15, -0.1) is 0 Å². The van der Waals surface area contributed by atoms with Crippen LogP contribution >= 0.6 is 11.8 Å². The molecule has 0 spiro atoms. The lowest BCUT2D eigenvalue weighted by molar-refractivity contribution is 0.400. The second kappa shape index (κ2) is 7.97. The van der Waals surface area contributed by atoms with E-state index in [4.69, 9.17) is 5.26 Å². The SMILES string of the molecule is CCC(C#N)(CCCSC(C)C(C)C)NC. The minimum Gasteiger partial charge on any atom is -0.302 e. The van der Waals surface area contributed by atoms with Gasteiger partial charge in [-0.05, 0) is 38.0 Å². The van der Waals surface area contributed by atoms with E-state index in [2.05, 4.69) is 39.1 Å². The summed E-state index contributed by atoms with van der Waals surface area (Å²) in [7, 11) is 1.89. The summed E-state index contributed by atoms with van der Waals surface area (Å²) in [5, 5.41) is 13.0. The van der Waals surface area contributed by atoms with E-state index < -0.39 is 0 Å². The maximum absolute atomic E-state index is 9.15. The quantitative estimate of drug-likeness (QED) is 0.662. The Morgan fingerprint density at radius 2 is 2.00 bits per heavy atom. The first-order valence-corrected chi connectivity index (χ1v) is 7.28. The van der Waals surface area contributed by atoms with E-state index in [-0.39, 0.29) is 5.54 Å². The van der Waals surface area contributed by atoms with E-state index in [1.807, 2.05) is 18.8 Å². The van der Waals surface area contributed by atoms with Crippen LogP contribution in [-0.4, -0.2) is 23.6 Å². The van der Waals surface area contributed by atoms with Gasteiger partial charge in [-0.3, -0.25) is 0 Å². The van der Waals surface area contributed by atoms with Crippen LogP contribution in [0.15, 0.2) is 0 Å². The third kappa shape index (κ3) is 5.23. The van der Waals surface area contributed by atoms with E-state index in [0.29, 0.717) is 5.25 Å². The Balaban J connectivity index is 3.85. The zero-order valence-corrected chi connectivity index (χ0v) is 12.2. The Kier molecular flexibility index (Phi) is 7.87. The predicted octanol–water partition coefficient (Wildman–Crippen LogP) is 3.44. The van der Waals surface area contributed by atoms with Crippen LogP contribution in [0.3, 0.4) is 0 Å². The molecule has 0 bridgehead atoms. The van der Waals surface area contributed by atoms with Gasteiger partial charge in [0, 0.05) is 5.25 Å². The lowest BCUT2D eigenvalue weighted by Crippen LogP contribution is -2.40. The molecule has 16 heavy (non-hydrogen) atoms. The van der Waals surface area contributed by atoms with Crippen LogP contribution in [0.4, 0.5) is 0 Å². The van der Waals surface area contributed by atoms with Crippen LogP contribution in [0.5, 0.6) is 0 Å². The minimum atomic E-state index is -0.304. The Labute approximate surface area is 105 Å². The van der Waals surface area contributed by atoms with Gasteiger partial charge in [-0.25, -0.2) is 0 Å². The summed E-state index contributed by atoms with van der Waals surface area (Å²) in [6.45, 7) is 8.88. The van der Waals surface area contributed by atoms with Gasteiger partial charge in [0.2, 0.25) is 0 Å². The molecular weight excluding hydrogens is 216 g/mol. The fourth-order valence-corrected chi connectivity index (χ4v) is 2.57. The predicted molar refractivity (Wildman–Crippen MR) is 73.7 cm³/mol. The molecule has 1 N–H and O–H groups in total. The molecule has 2 unspecified atom stereocenters. The molecule has 2 nitrogen and oxygen atoms in total. The molecule has 0 aromatic carbocycles. The van der Waals surface area contributed by atoms with Gasteiger partial charge in [0.05, 0.1) is 6.07 Å². The highest BCUT2D eigenvalue weighted by molar-refractivity contribution is 7.99. The largest absolute Gasteiger partial charge is 0.302 e. The Hall–Kier alpha value is -0.200. The molecule has 0 aliphatic heterocycles. The summed E-state index contributed by atoms with van der Waals surface area (Å²) in [5.74, 6) is 1.89. The van der Waals surface area contributed by atoms with Crippen molar-refractivity contribution in [2.24, 2.45) is 5.92 Å². The summed E-state index contributed by atoms with van der Waals surface area (Å²) >= 11 is 2.02. The number of nitriles is 1. The highest BCUT2D eigenvalue weighted by Crippen LogP contribution is 2.22. The van der Waals surface area contributed by atoms with Gasteiger partial charge >= 0.3 is 0 Å². The monoisotopic (exact) mass is 242 g/mol. The van der Waals surface area contributed by atoms with Crippen molar-refractivity contribution in [1.29, 1.82) is 5.26 Å². The topological polar surface area (TPSA) is 35.8 Å². The van der Waals surface area contributed by atoms with E-state index in [9.17, 15) is 0 Å². The van der Waals surface area contributed by atoms with E-state index in [1.54, 1.807) is 0 Å². The number of rotatable bonds is 8. The standard InChI is InChI=1S/C13H26N2S/c1-6-13(10-14,15-5)8-7-9-16-12(4)11(2)3/h11-12,15H,6-9H2,1-5H3. The zero-order chi connectivity index (χ0) is 12.6. The van der Waals surface area contributed by atoms with Crippen molar-refractivity contribution in [3.05, 3.63) is 0 Å². The molecule has 0 aromatic heterocycles. The van der Waals surface area contributed by atoms with Crippen LogP contribution in [0.25, 0.3) is 0 Å². The number of nitrogens with zero attached hydrogens (tertiary/aromatic N) is 1. The Morgan fingerprint density at radius 1 is 1.38 bits per heavy atom. The minimum absolute atomic E-state index is 0.304. The number of thioether (sulfide) groups is 1. The fraction of sp³-hybridized carbons (Fsp3) is 0.923. The van der Waals surface area contributed by atoms with Crippen molar-refractivity contribution in [3.8, 4) is 6.07 Å². The fourth-order valence-electron chi connectivity index (χ4n) is 1.51. The second-order valence-corrected chi connectivity index (χ2v) is 6.21. The number of nitrogens with one attached hydrogen (secondary N) is 1. The molecule has 0 aliphatic rings. The zero-order valence-electron chi connectivity index (χ0n) is 11.3. The van der Waals surface area contributed by atoms with Crippen molar-refractivity contribution in [1.82, 2.24) is 5.32 Å². The molecule has 0 amide bonds. The highest BCUT2D eigenvalue weighted by Gasteiger charge is 2.24. The summed E-state index contributed by atoms with van der Waals surface area (Å²) < 4.78 is 0. The molecule has 0 saturated carbocycles. The lowest BCUT2D eigenvalue weighted by Gasteiger charge is -2.24. The summed E-state index contributed by atoms with van der Waals surface area (Å²) in [5.41, 5.74) is -0.304. The van der Waals surface area contributed by atoms with Gasteiger partial charge in [-0.2, -0.15) is 17.0 Å². The highest BCUT2D eigenvalue weighted by atomic mass is 32.2. The van der Waals surface area contributed by atoms with E-state index >= 15 is 0 Å². The first-order valence-electron chi connectivity index (χ1n) is 6.23. The third-order valence-corrected chi connectivity index (χ3v) is 4.96. The van der Waals surface area contributed by atoms with Crippen LogP contribution in [-0.2, 0) is 0 Å². The lowest BCUT2D eigenvalue weighted by atomic mass is 9.93. The smallest absolute Gasteiger partial charge is 0.106 e. The Morgan fingerprint density at radius 3 is 2.38 bits per heavy atom. The summed E-state index contributed by atoms with van der Waals surface area (Å²) in [6.07, 6.45) is 2.95. The van der Waals surface area contributed by atoms with Crippen LogP contribution < -0.4 is 5.32 Å². The average molecular weight is 242 g/mol. The molecule has 94 valence electrons. The van der Waals surface area contributed by atoms with Crippen molar-refractivity contribution in [3.63, 3.8) is 0 Å². The van der Waals surface area contributed by atoms with Crippen molar-refractivity contribution >= 4 is 11.8 Å². The van der Waals surface area contributed by atoms with E-state index in [0.717, 1.165) is 30.9 Å². The molecule has 0 heterocycles. The summed E-state index contributed by atoms with van der Waals surface area (Å²) in [4.78, 5) is 0. The van der Waals surface area contributed by atoms with Crippen molar-refractivity contribution in [2.75, 3.05) is 12.8 Å². The van der Waals surface area contributed by atoms with Crippen molar-refractivity contribution < 1.29 is 0 Å². The number of hydrogen-bond donors (Lipinski definition) is 1. The van der Waals surface area contributed by atoms with Crippen LogP contribution in [0.2, 0.25) is 0 Å². The van der Waals surface area contributed by atoms with Crippen molar-refractivity contribution in [2.45, 2.75) is 57.7 Å². The van der Waals surface area contributed by atoms with Crippen LogP contribution in [0, 0.1) is 17.2 Å². The maximum atomic E-state index is 9.15. The molecule has 0 radical (unpaired) electrons. The molecule has 0 saturated heterocycles. The normalized spacial score (nSPS) is 16.8. The number of hydrogen-bond acceptors (Lipinski definition) is 3.